The summed E-state index contributed by atoms with van der Waals surface area (Å²) in [4.78, 5) is 0. The summed E-state index contributed by atoms with van der Waals surface area (Å²) < 4.78 is 0. The molecule has 0 aliphatic heterocycles. The van der Waals surface area contributed by atoms with Gasteiger partial charge in [-0.15, -0.1) is 0 Å². The maximum Gasteiger partial charge on any atom is 0 e. The van der Waals surface area contributed by atoms with Crippen LogP contribution in [-0.2, 0) is 68.3 Å². The molecule has 0 unspecified atom stereocenters. The molecule has 0 N–H and O–H groups in total. The summed E-state index contributed by atoms with van der Waals surface area (Å²) in [7, 11) is 0. The number of hydrogen-bond donors (Lipinski definition) is 0. The van der Waals surface area contributed by atoms with Crippen molar-refractivity contribution in [3.05, 3.63) is 0 Å². The molecule has 0 aromatic rings. The molecule has 0 fully saturated rings. The van der Waals surface area contributed by atoms with Gasteiger partial charge >= 0.3 is 0 Å². The van der Waals surface area contributed by atoms with Crippen LogP contribution in [0.2, 0.25) is 0 Å². The van der Waals surface area contributed by atoms with Crippen LogP contribution in [0.4, 0.5) is 0 Å². The molecular weight excluding hydrogens is 223 g/mol. The molecule has 0 aliphatic carbocycles. The van der Waals surface area contributed by atoms with Gasteiger partial charge < -0.3 is 0 Å². The number of hydrogen-bond acceptors (Lipinski definition) is 0. The fraction of sp³-hybridized carbons (Fsp3) is 0. The van der Waals surface area contributed by atoms with E-state index in [2.05, 4.69) is 0 Å². The third kappa shape index (κ3) is 8.95. The van der Waals surface area contributed by atoms with E-state index in [-0.39, 0.29) is 68.3 Å². The molecule has 0 amide bonds. The summed E-state index contributed by atoms with van der Waals surface area (Å²) in [6.07, 6.45) is 0. The minimum absolute atomic E-state index is 0. The second kappa shape index (κ2) is 19.6. The molecule has 0 spiro atoms. The van der Waals surface area contributed by atoms with Crippen LogP contribution in [0.25, 0.3) is 0 Å². The van der Waals surface area contributed by atoms with E-state index >= 15 is 0 Å². The summed E-state index contributed by atoms with van der Waals surface area (Å²) >= 11 is 0. The van der Waals surface area contributed by atoms with Gasteiger partial charge in [0.15, 0.2) is 0 Å². The average Bonchev–Trinajstić information content (AvgIpc) is 0. The third-order valence-electron chi connectivity index (χ3n) is 0. The molecule has 0 rings (SSSR count). The Bertz CT molecular complexity index is 6.00. The van der Waals surface area contributed by atoms with Crippen LogP contribution in [0.15, 0.2) is 0 Å². The molecule has 0 aromatic heterocycles. The van der Waals surface area contributed by atoms with Gasteiger partial charge in [0.05, 0.1) is 0 Å². The van der Waals surface area contributed by atoms with Crippen LogP contribution in [0.1, 0.15) is 0 Å². The van der Waals surface area contributed by atoms with Gasteiger partial charge in [0.25, 0.3) is 0 Å². The first-order valence-corrected chi connectivity index (χ1v) is 0. The van der Waals surface area contributed by atoms with Crippen LogP contribution in [-0.4, -0.2) is 0 Å². The van der Waals surface area contributed by atoms with E-state index in [0.29, 0.717) is 0 Å². The van der Waals surface area contributed by atoms with Gasteiger partial charge in [-0.1, -0.05) is 0 Å². The van der Waals surface area contributed by atoms with Crippen LogP contribution in [0.3, 0.4) is 0 Å². The quantitative estimate of drug-likeness (QED) is 0.506. The Morgan fingerprint density at radius 2 is 0.750 bits per heavy atom. The van der Waals surface area contributed by atoms with E-state index < -0.39 is 0 Å². The molecule has 0 bridgehead atoms. The van der Waals surface area contributed by atoms with Crippen molar-refractivity contribution in [3.63, 3.8) is 0 Å². The number of rotatable bonds is 0. The van der Waals surface area contributed by atoms with Crippen molar-refractivity contribution in [3.8, 4) is 0 Å². The fourth-order valence-electron chi connectivity index (χ4n) is 0. The van der Waals surface area contributed by atoms with Crippen molar-refractivity contribution >= 4 is 0 Å². The van der Waals surface area contributed by atoms with Gasteiger partial charge in [-0.3, -0.25) is 0 Å². The zero-order chi connectivity index (χ0) is 0. The second-order valence-electron chi connectivity index (χ2n) is 0. The molecule has 0 heterocycles. The largest absolute Gasteiger partial charge is 0 e. The molecule has 4 heavy (non-hydrogen) atoms. The van der Waals surface area contributed by atoms with Crippen molar-refractivity contribution in [1.82, 2.24) is 0 Å². The Balaban J connectivity index is 0. The first-order valence-electron chi connectivity index (χ1n) is 0. The Hall–Kier alpha value is 2.08. The second-order valence-corrected chi connectivity index (χ2v) is 0. The zero-order valence-electron chi connectivity index (χ0n) is 1.45. The Morgan fingerprint density at radius 1 is 0.750 bits per heavy atom. The van der Waals surface area contributed by atoms with Gasteiger partial charge in [0.1, 0.15) is 0 Å². The first-order chi connectivity index (χ1) is 0. The third-order valence-corrected chi connectivity index (χ3v) is 0. The SMILES string of the molecule is [Co].[Cr].[Fe].[Fe]. The van der Waals surface area contributed by atoms with E-state index in [9.17, 15) is 0 Å². The predicted octanol–water partition coefficient (Wildman–Crippen LogP) is -0.0100. The van der Waals surface area contributed by atoms with E-state index in [1.165, 1.54) is 0 Å². The zero-order valence-corrected chi connectivity index (χ0v) is 5.97. The topological polar surface area (TPSA) is 0 Å². The van der Waals surface area contributed by atoms with E-state index in [1.807, 2.05) is 0 Å². The monoisotopic (exact) mass is 223 g/mol. The summed E-state index contributed by atoms with van der Waals surface area (Å²) in [6.45, 7) is 0. The Kier molecular flexibility index (Phi) is 177. The minimum atomic E-state index is 0. The molecule has 0 atom stereocenters. The Morgan fingerprint density at radius 3 is 0.750 bits per heavy atom. The molecular formula is CoCrFe2. The van der Waals surface area contributed by atoms with Crippen LogP contribution >= 0.6 is 0 Å². The van der Waals surface area contributed by atoms with E-state index in [4.69, 9.17) is 0 Å². The molecule has 0 saturated heterocycles. The average molecular weight is 223 g/mol. The smallest absolute Gasteiger partial charge is 0 e. The van der Waals surface area contributed by atoms with Crippen molar-refractivity contribution in [2.24, 2.45) is 0 Å². The maximum absolute atomic E-state index is 0. The normalized spacial score (nSPS) is 0. The maximum atomic E-state index is 0. The summed E-state index contributed by atoms with van der Waals surface area (Å²) in [6, 6.07) is 0. The summed E-state index contributed by atoms with van der Waals surface area (Å²) in [5.74, 6) is 0. The molecule has 0 saturated carbocycles. The van der Waals surface area contributed by atoms with Crippen LogP contribution in [0, 0.1) is 0 Å². The van der Waals surface area contributed by atoms with E-state index in [1.54, 1.807) is 0 Å². The summed E-state index contributed by atoms with van der Waals surface area (Å²) in [5, 5.41) is 0. The van der Waals surface area contributed by atoms with Crippen LogP contribution in [0.5, 0.6) is 0 Å². The van der Waals surface area contributed by atoms with Crippen LogP contribution < -0.4 is 0 Å². The molecule has 4 heteroatoms. The van der Waals surface area contributed by atoms with Crippen molar-refractivity contribution in [2.75, 3.05) is 0 Å². The van der Waals surface area contributed by atoms with Crippen molar-refractivity contribution in [1.29, 1.82) is 0 Å². The fourth-order valence-corrected chi connectivity index (χ4v) is 0. The van der Waals surface area contributed by atoms with E-state index in [0.717, 1.165) is 0 Å². The Labute approximate surface area is 67.8 Å². The standard InChI is InChI=1S/Co.Cr.2Fe. The van der Waals surface area contributed by atoms with Gasteiger partial charge in [0, 0.05) is 68.3 Å². The predicted molar refractivity (Wildman–Crippen MR) is 0 cm³/mol. The molecule has 0 nitrogen and oxygen atoms in total. The first kappa shape index (κ1) is 36.3. The van der Waals surface area contributed by atoms with Crippen molar-refractivity contribution < 1.29 is 68.3 Å². The minimum Gasteiger partial charge on any atom is 0 e. The van der Waals surface area contributed by atoms with Crippen molar-refractivity contribution in [2.45, 2.75) is 0 Å². The molecule has 0 aromatic carbocycles. The van der Waals surface area contributed by atoms with Gasteiger partial charge in [-0.25, -0.2) is 0 Å². The van der Waals surface area contributed by atoms with Gasteiger partial charge in [0.2, 0.25) is 0 Å². The van der Waals surface area contributed by atoms with Gasteiger partial charge in [-0.05, 0) is 0 Å². The molecule has 0 aliphatic rings. The molecule has 31 valence electrons. The molecule has 1 radical (unpaired) electrons. The van der Waals surface area contributed by atoms with Gasteiger partial charge in [-0.2, -0.15) is 0 Å². The summed E-state index contributed by atoms with van der Waals surface area (Å²) in [5.41, 5.74) is 0.